The second-order valence-electron chi connectivity index (χ2n) is 6.36. The van der Waals surface area contributed by atoms with Gasteiger partial charge < -0.3 is 9.64 Å². The number of benzene rings is 1. The highest BCUT2D eigenvalue weighted by molar-refractivity contribution is 7.94. The minimum Gasteiger partial charge on any atom is -0.454 e. The van der Waals surface area contributed by atoms with Crippen molar-refractivity contribution in [2.75, 3.05) is 13.7 Å². The number of nitrogens with zero attached hydrogens (tertiary/aromatic N) is 1. The molecule has 0 N–H and O–H groups in total. The van der Waals surface area contributed by atoms with E-state index < -0.39 is 33.1 Å². The largest absolute Gasteiger partial charge is 0.454 e. The normalized spacial score (nSPS) is 15.2. The molecule has 0 saturated heterocycles. The summed E-state index contributed by atoms with van der Waals surface area (Å²) in [7, 11) is -2.30. The van der Waals surface area contributed by atoms with Crippen LogP contribution in [0.2, 0.25) is 5.02 Å². The van der Waals surface area contributed by atoms with Crippen LogP contribution in [-0.2, 0) is 30.7 Å². The number of likely N-dealkylation sites (N-methyl/N-ethyl adjacent to an activating group) is 1. The molecule has 0 aliphatic heterocycles. The summed E-state index contributed by atoms with van der Waals surface area (Å²) in [6.07, 6.45) is 0.353. The van der Waals surface area contributed by atoms with Gasteiger partial charge in [-0.05, 0) is 48.6 Å². The van der Waals surface area contributed by atoms with Gasteiger partial charge in [-0.25, -0.2) is 8.42 Å². The average Bonchev–Trinajstić information content (AvgIpc) is 3.32. The van der Waals surface area contributed by atoms with Crippen molar-refractivity contribution in [3.8, 4) is 0 Å². The Morgan fingerprint density at radius 1 is 1.22 bits per heavy atom. The molecule has 9 heteroatoms. The summed E-state index contributed by atoms with van der Waals surface area (Å²) in [5.41, 5.74) is 0. The molecule has 1 aliphatic carbocycles. The van der Waals surface area contributed by atoms with E-state index in [4.69, 9.17) is 16.3 Å². The predicted molar refractivity (Wildman–Crippen MR) is 102 cm³/mol. The number of esters is 1. The van der Waals surface area contributed by atoms with Crippen LogP contribution in [0.25, 0.3) is 0 Å². The molecule has 144 valence electrons. The number of thiophene rings is 1. The zero-order chi connectivity index (χ0) is 19.7. The van der Waals surface area contributed by atoms with Crippen LogP contribution in [0.3, 0.4) is 0 Å². The van der Waals surface area contributed by atoms with Crippen molar-refractivity contribution in [1.29, 1.82) is 0 Å². The average molecular weight is 428 g/mol. The zero-order valence-corrected chi connectivity index (χ0v) is 16.9. The van der Waals surface area contributed by atoms with Gasteiger partial charge in [0.1, 0.15) is 0 Å². The lowest BCUT2D eigenvalue weighted by Crippen LogP contribution is -2.37. The van der Waals surface area contributed by atoms with Gasteiger partial charge in [-0.3, -0.25) is 9.59 Å². The summed E-state index contributed by atoms with van der Waals surface area (Å²) in [6.45, 7) is -0.0825. The van der Waals surface area contributed by atoms with E-state index in [-0.39, 0.29) is 17.7 Å². The van der Waals surface area contributed by atoms with Crippen LogP contribution in [0.4, 0.5) is 0 Å². The van der Waals surface area contributed by atoms with Crippen molar-refractivity contribution in [2.45, 2.75) is 29.0 Å². The lowest BCUT2D eigenvalue weighted by Gasteiger charge is -2.18. The van der Waals surface area contributed by atoms with Crippen molar-refractivity contribution in [3.63, 3.8) is 0 Å². The van der Waals surface area contributed by atoms with Gasteiger partial charge in [0.15, 0.2) is 21.2 Å². The SMILES string of the molecule is CN(Cc1cccs1)C(=O)COC(=O)C1(S(=O)(=O)c2ccc(Cl)cc2)CC1. The molecule has 0 radical (unpaired) electrons. The highest BCUT2D eigenvalue weighted by atomic mass is 35.5. The minimum atomic E-state index is -3.91. The monoisotopic (exact) mass is 427 g/mol. The summed E-state index contributed by atoms with van der Waals surface area (Å²) in [4.78, 5) is 27.1. The Morgan fingerprint density at radius 2 is 1.89 bits per heavy atom. The Bertz CT molecular complexity index is 935. The maximum atomic E-state index is 12.8. The first-order chi connectivity index (χ1) is 12.8. The van der Waals surface area contributed by atoms with Gasteiger partial charge in [-0.1, -0.05) is 17.7 Å². The van der Waals surface area contributed by atoms with Crippen molar-refractivity contribution in [3.05, 3.63) is 51.7 Å². The predicted octanol–water partition coefficient (Wildman–Crippen LogP) is 2.91. The van der Waals surface area contributed by atoms with Crippen LogP contribution in [0.5, 0.6) is 0 Å². The molecule has 1 heterocycles. The van der Waals surface area contributed by atoms with E-state index >= 15 is 0 Å². The Hall–Kier alpha value is -1.90. The number of hydrogen-bond donors (Lipinski definition) is 0. The maximum Gasteiger partial charge on any atom is 0.328 e. The molecule has 1 saturated carbocycles. The van der Waals surface area contributed by atoms with Crippen LogP contribution in [0.1, 0.15) is 17.7 Å². The standard InChI is InChI=1S/C18H18ClNO5S2/c1-20(11-14-3-2-10-26-14)16(21)12-25-17(22)18(8-9-18)27(23,24)15-6-4-13(19)5-7-15/h2-7,10H,8-9,11-12H2,1H3. The molecule has 27 heavy (non-hydrogen) atoms. The molecule has 1 aliphatic rings. The minimum absolute atomic E-state index is 0.0162. The third kappa shape index (κ3) is 4.02. The lowest BCUT2D eigenvalue weighted by atomic mass is 10.4. The third-order valence-corrected chi connectivity index (χ3v) is 8.05. The first kappa shape index (κ1) is 19.9. The molecule has 0 unspecified atom stereocenters. The van der Waals surface area contributed by atoms with Crippen LogP contribution in [0.15, 0.2) is 46.7 Å². The van der Waals surface area contributed by atoms with E-state index in [9.17, 15) is 18.0 Å². The topological polar surface area (TPSA) is 80.8 Å². The van der Waals surface area contributed by atoms with Gasteiger partial charge in [-0.2, -0.15) is 0 Å². The number of carbonyl (C=O) groups is 2. The van der Waals surface area contributed by atoms with Crippen molar-refractivity contribution in [2.24, 2.45) is 0 Å². The quantitative estimate of drug-likeness (QED) is 0.634. The summed E-state index contributed by atoms with van der Waals surface area (Å²) in [6, 6.07) is 9.43. The van der Waals surface area contributed by atoms with E-state index in [0.29, 0.717) is 11.6 Å². The van der Waals surface area contributed by atoms with Gasteiger partial charge in [0.05, 0.1) is 11.4 Å². The van der Waals surface area contributed by atoms with E-state index in [0.717, 1.165) is 4.88 Å². The molecule has 1 fully saturated rings. The van der Waals surface area contributed by atoms with Gasteiger partial charge >= 0.3 is 5.97 Å². The van der Waals surface area contributed by atoms with Crippen LogP contribution >= 0.6 is 22.9 Å². The summed E-state index contributed by atoms with van der Waals surface area (Å²) in [5, 5.41) is 2.31. The van der Waals surface area contributed by atoms with Crippen LogP contribution < -0.4 is 0 Å². The number of carbonyl (C=O) groups excluding carboxylic acids is 2. The molecule has 1 aromatic heterocycles. The number of ether oxygens (including phenoxy) is 1. The highest BCUT2D eigenvalue weighted by Crippen LogP contribution is 2.47. The Kier molecular flexibility index (Phi) is 5.60. The Morgan fingerprint density at radius 3 is 2.44 bits per heavy atom. The molecule has 1 aromatic carbocycles. The fourth-order valence-electron chi connectivity index (χ4n) is 2.63. The molecule has 0 bridgehead atoms. The van der Waals surface area contributed by atoms with Crippen molar-refractivity contribution >= 4 is 44.7 Å². The second kappa shape index (κ2) is 7.61. The molecule has 0 spiro atoms. The zero-order valence-electron chi connectivity index (χ0n) is 14.6. The number of halogens is 1. The van der Waals surface area contributed by atoms with Gasteiger partial charge in [0.25, 0.3) is 5.91 Å². The number of hydrogen-bond acceptors (Lipinski definition) is 6. The van der Waals surface area contributed by atoms with Gasteiger partial charge in [0.2, 0.25) is 0 Å². The maximum absolute atomic E-state index is 12.8. The fourth-order valence-corrected chi connectivity index (χ4v) is 5.38. The van der Waals surface area contributed by atoms with Crippen LogP contribution in [0, 0.1) is 0 Å². The Labute approximate surface area is 166 Å². The lowest BCUT2D eigenvalue weighted by molar-refractivity contribution is -0.152. The van der Waals surface area contributed by atoms with E-state index in [2.05, 4.69) is 0 Å². The highest BCUT2D eigenvalue weighted by Gasteiger charge is 2.62. The first-order valence-electron chi connectivity index (χ1n) is 8.20. The van der Waals surface area contributed by atoms with E-state index in [1.807, 2.05) is 17.5 Å². The van der Waals surface area contributed by atoms with Gasteiger partial charge in [0, 0.05) is 16.9 Å². The number of amides is 1. The number of rotatable bonds is 7. The summed E-state index contributed by atoms with van der Waals surface area (Å²) in [5.74, 6) is -1.27. The second-order valence-corrected chi connectivity index (χ2v) is 10.1. The molecular formula is C18H18ClNO5S2. The van der Waals surface area contributed by atoms with Gasteiger partial charge in [-0.15, -0.1) is 11.3 Å². The molecule has 6 nitrogen and oxygen atoms in total. The van der Waals surface area contributed by atoms with Crippen molar-refractivity contribution < 1.29 is 22.7 Å². The van der Waals surface area contributed by atoms with Crippen LogP contribution in [-0.4, -0.2) is 43.6 Å². The molecule has 0 atom stereocenters. The summed E-state index contributed by atoms with van der Waals surface area (Å²) < 4.78 is 29.1. The smallest absolute Gasteiger partial charge is 0.328 e. The van der Waals surface area contributed by atoms with E-state index in [1.54, 1.807) is 7.05 Å². The molecular weight excluding hydrogens is 410 g/mol. The van der Waals surface area contributed by atoms with E-state index in [1.165, 1.54) is 40.5 Å². The molecule has 2 aromatic rings. The molecule has 1 amide bonds. The number of sulfone groups is 1. The van der Waals surface area contributed by atoms with Crippen molar-refractivity contribution in [1.82, 2.24) is 4.90 Å². The molecule has 3 rings (SSSR count). The third-order valence-electron chi connectivity index (χ3n) is 4.44. The summed E-state index contributed by atoms with van der Waals surface area (Å²) >= 11 is 7.31. The first-order valence-corrected chi connectivity index (χ1v) is 10.9. The Balaban J connectivity index is 1.63. The fraction of sp³-hybridized carbons (Fsp3) is 0.333.